The van der Waals surface area contributed by atoms with E-state index >= 15 is 0 Å². The summed E-state index contributed by atoms with van der Waals surface area (Å²) < 4.78 is 1.61. The number of hydrogen-bond acceptors (Lipinski definition) is 4. The van der Waals surface area contributed by atoms with Crippen molar-refractivity contribution in [2.45, 2.75) is 6.54 Å². The molecule has 0 aliphatic carbocycles. The average Bonchev–Trinajstić information content (AvgIpc) is 2.76. The predicted octanol–water partition coefficient (Wildman–Crippen LogP) is 3.27. The molecule has 106 valence electrons. The fourth-order valence-corrected chi connectivity index (χ4v) is 2.29. The summed E-state index contributed by atoms with van der Waals surface area (Å²) in [6, 6.07) is 5.26. The highest BCUT2D eigenvalue weighted by Gasteiger charge is 2.23. The second-order valence-electron chi connectivity index (χ2n) is 4.36. The van der Waals surface area contributed by atoms with Crippen LogP contribution in [0.2, 0.25) is 10.0 Å². The van der Waals surface area contributed by atoms with Gasteiger partial charge in [0.15, 0.2) is 0 Å². The number of imidazole rings is 1. The zero-order chi connectivity index (χ0) is 14.9. The molecule has 2 aromatic rings. The zero-order valence-electron chi connectivity index (χ0n) is 10.9. The molecule has 1 heterocycles. The van der Waals surface area contributed by atoms with Crippen LogP contribution in [0.3, 0.4) is 0 Å². The van der Waals surface area contributed by atoms with Gasteiger partial charge in [0.1, 0.15) is 0 Å². The lowest BCUT2D eigenvalue weighted by atomic mass is 10.2. The molecule has 8 heteroatoms. The van der Waals surface area contributed by atoms with Crippen molar-refractivity contribution in [1.82, 2.24) is 9.55 Å². The lowest BCUT2D eigenvalue weighted by Crippen LogP contribution is -2.20. The van der Waals surface area contributed by atoms with Gasteiger partial charge in [-0.1, -0.05) is 29.3 Å². The summed E-state index contributed by atoms with van der Waals surface area (Å²) in [5.74, 6) is 0.260. The van der Waals surface area contributed by atoms with E-state index in [0.717, 1.165) is 5.56 Å². The Kier molecular flexibility index (Phi) is 4.15. The van der Waals surface area contributed by atoms with E-state index in [-0.39, 0.29) is 5.82 Å². The molecular weight excluding hydrogens is 303 g/mol. The van der Waals surface area contributed by atoms with Gasteiger partial charge in [-0.05, 0) is 27.6 Å². The van der Waals surface area contributed by atoms with Crippen LogP contribution in [-0.2, 0) is 13.6 Å². The number of rotatable bonds is 4. The Balaban J connectivity index is 2.28. The number of aryl methyl sites for hydroxylation is 1. The first-order valence-corrected chi connectivity index (χ1v) is 6.46. The maximum atomic E-state index is 11.0. The molecule has 0 aliphatic rings. The first kappa shape index (κ1) is 14.6. The van der Waals surface area contributed by atoms with Crippen LogP contribution in [0.15, 0.2) is 24.5 Å². The van der Waals surface area contributed by atoms with E-state index in [1.54, 1.807) is 35.7 Å². The Bertz CT molecular complexity index is 657. The third kappa shape index (κ3) is 2.86. The minimum Gasteiger partial charge on any atom is -0.358 e. The molecule has 1 aromatic heterocycles. The van der Waals surface area contributed by atoms with E-state index in [0.29, 0.717) is 22.4 Å². The molecule has 6 nitrogen and oxygen atoms in total. The number of hydrogen-bond donors (Lipinski definition) is 0. The van der Waals surface area contributed by atoms with Crippen molar-refractivity contribution < 1.29 is 4.92 Å². The maximum Gasteiger partial charge on any atom is 0.406 e. The van der Waals surface area contributed by atoms with Gasteiger partial charge >= 0.3 is 5.82 Å². The molecule has 20 heavy (non-hydrogen) atoms. The molecule has 0 N–H and O–H groups in total. The highest BCUT2D eigenvalue weighted by molar-refractivity contribution is 6.42. The summed E-state index contributed by atoms with van der Waals surface area (Å²) in [5, 5.41) is 11.9. The molecule has 1 aromatic carbocycles. The summed E-state index contributed by atoms with van der Waals surface area (Å²) in [6.07, 6.45) is 1.42. The summed E-state index contributed by atoms with van der Waals surface area (Å²) in [6.45, 7) is 0.456. The van der Waals surface area contributed by atoms with Crippen LogP contribution in [0.1, 0.15) is 5.56 Å². The smallest absolute Gasteiger partial charge is 0.358 e. The molecule has 0 amide bonds. The SMILES string of the molecule is CN(Cc1ccc(Cl)c(Cl)c1)c1c([N+](=O)[O-])ncn1C. The van der Waals surface area contributed by atoms with Crippen LogP contribution in [0.5, 0.6) is 0 Å². The molecule has 0 radical (unpaired) electrons. The van der Waals surface area contributed by atoms with Crippen molar-refractivity contribution in [1.29, 1.82) is 0 Å². The molecule has 0 spiro atoms. The van der Waals surface area contributed by atoms with Gasteiger partial charge in [-0.3, -0.25) is 4.57 Å². The number of nitrogens with zero attached hydrogens (tertiary/aromatic N) is 4. The fourth-order valence-electron chi connectivity index (χ4n) is 1.97. The molecule has 0 fully saturated rings. The number of nitro groups is 1. The quantitative estimate of drug-likeness (QED) is 0.641. The summed E-state index contributed by atoms with van der Waals surface area (Å²) in [7, 11) is 3.47. The topological polar surface area (TPSA) is 64.2 Å². The fraction of sp³-hybridized carbons (Fsp3) is 0.250. The van der Waals surface area contributed by atoms with Crippen molar-refractivity contribution in [2.75, 3.05) is 11.9 Å². The first-order valence-electron chi connectivity index (χ1n) is 5.71. The Hall–Kier alpha value is -1.79. The van der Waals surface area contributed by atoms with Gasteiger partial charge in [-0.2, -0.15) is 0 Å². The average molecular weight is 315 g/mol. The minimum atomic E-state index is -0.499. The van der Waals surface area contributed by atoms with E-state index in [1.807, 2.05) is 6.07 Å². The standard InChI is InChI=1S/C12H12Cl2N4O2/c1-16(6-8-3-4-9(13)10(14)5-8)12-11(18(19)20)15-7-17(12)2/h3-5,7H,6H2,1-2H3. The molecular formula is C12H12Cl2N4O2. The van der Waals surface area contributed by atoms with Crippen LogP contribution >= 0.6 is 23.2 Å². The number of aromatic nitrogens is 2. The molecule has 0 aliphatic heterocycles. The minimum absolute atomic E-state index is 0.171. The van der Waals surface area contributed by atoms with Gasteiger partial charge in [-0.15, -0.1) is 0 Å². The third-order valence-corrected chi connectivity index (χ3v) is 3.56. The van der Waals surface area contributed by atoms with E-state index in [4.69, 9.17) is 23.2 Å². The number of benzene rings is 1. The molecule has 0 bridgehead atoms. The largest absolute Gasteiger partial charge is 0.406 e. The summed E-state index contributed by atoms with van der Waals surface area (Å²) >= 11 is 11.8. The lowest BCUT2D eigenvalue weighted by molar-refractivity contribution is -0.388. The van der Waals surface area contributed by atoms with E-state index in [1.165, 1.54) is 6.33 Å². The van der Waals surface area contributed by atoms with Gasteiger partial charge < -0.3 is 15.0 Å². The maximum absolute atomic E-state index is 11.0. The normalized spacial score (nSPS) is 10.6. The van der Waals surface area contributed by atoms with Crippen LogP contribution in [-0.4, -0.2) is 21.5 Å². The van der Waals surface area contributed by atoms with Crippen LogP contribution in [0.25, 0.3) is 0 Å². The Morgan fingerprint density at radius 1 is 1.40 bits per heavy atom. The molecule has 0 unspecified atom stereocenters. The van der Waals surface area contributed by atoms with Crippen molar-refractivity contribution >= 4 is 34.8 Å². The van der Waals surface area contributed by atoms with Crippen molar-refractivity contribution in [3.63, 3.8) is 0 Å². The lowest BCUT2D eigenvalue weighted by Gasteiger charge is -2.18. The van der Waals surface area contributed by atoms with Crippen LogP contribution in [0.4, 0.5) is 11.6 Å². The van der Waals surface area contributed by atoms with Crippen LogP contribution in [0, 0.1) is 10.1 Å². The second-order valence-corrected chi connectivity index (χ2v) is 5.18. The van der Waals surface area contributed by atoms with Crippen molar-refractivity contribution in [3.05, 3.63) is 50.2 Å². The Morgan fingerprint density at radius 3 is 2.70 bits per heavy atom. The number of halogens is 2. The van der Waals surface area contributed by atoms with Crippen molar-refractivity contribution in [2.24, 2.45) is 7.05 Å². The van der Waals surface area contributed by atoms with E-state index in [2.05, 4.69) is 4.98 Å². The summed E-state index contributed by atoms with van der Waals surface area (Å²) in [5.41, 5.74) is 0.900. The summed E-state index contributed by atoms with van der Waals surface area (Å²) in [4.78, 5) is 16.0. The molecule has 0 atom stereocenters. The molecule has 0 saturated heterocycles. The van der Waals surface area contributed by atoms with Crippen LogP contribution < -0.4 is 4.90 Å². The predicted molar refractivity (Wildman–Crippen MR) is 78.4 cm³/mol. The molecule has 2 rings (SSSR count). The van der Waals surface area contributed by atoms with E-state index in [9.17, 15) is 10.1 Å². The van der Waals surface area contributed by atoms with Gasteiger partial charge in [0.25, 0.3) is 0 Å². The van der Waals surface area contributed by atoms with Crippen molar-refractivity contribution in [3.8, 4) is 0 Å². The van der Waals surface area contributed by atoms with Gasteiger partial charge in [0.2, 0.25) is 12.1 Å². The third-order valence-electron chi connectivity index (χ3n) is 2.83. The monoisotopic (exact) mass is 314 g/mol. The highest BCUT2D eigenvalue weighted by atomic mass is 35.5. The van der Waals surface area contributed by atoms with Gasteiger partial charge in [-0.25, -0.2) is 0 Å². The second kappa shape index (κ2) is 5.68. The Labute approximate surface area is 125 Å². The van der Waals surface area contributed by atoms with Gasteiger partial charge in [0, 0.05) is 20.6 Å². The Morgan fingerprint density at radius 2 is 2.10 bits per heavy atom. The number of anilines is 1. The highest BCUT2D eigenvalue weighted by Crippen LogP contribution is 2.28. The van der Waals surface area contributed by atoms with Gasteiger partial charge in [0.05, 0.1) is 10.0 Å². The molecule has 0 saturated carbocycles. The van der Waals surface area contributed by atoms with E-state index < -0.39 is 4.92 Å². The first-order chi connectivity index (χ1) is 9.40. The zero-order valence-corrected chi connectivity index (χ0v) is 12.4.